The van der Waals surface area contributed by atoms with Crippen molar-refractivity contribution in [1.82, 2.24) is 20.2 Å². The predicted octanol–water partition coefficient (Wildman–Crippen LogP) is 4.43. The number of halogens is 1. The summed E-state index contributed by atoms with van der Waals surface area (Å²) in [6.45, 7) is 1.98. The molecule has 0 spiro atoms. The van der Waals surface area contributed by atoms with Crippen LogP contribution in [-0.4, -0.2) is 26.1 Å². The first-order valence-electron chi connectivity index (χ1n) is 10.1. The number of fused-ring (bicyclic) bond motifs is 1. The van der Waals surface area contributed by atoms with E-state index in [1.54, 1.807) is 28.9 Å². The van der Waals surface area contributed by atoms with Gasteiger partial charge in [0.2, 0.25) is 5.95 Å². The number of carbonyl (C=O) groups is 1. The highest BCUT2D eigenvalue weighted by atomic mass is 19.1. The highest BCUT2D eigenvalue weighted by Gasteiger charge is 2.24. The van der Waals surface area contributed by atoms with Crippen LogP contribution >= 0.6 is 0 Å². The zero-order valence-electron chi connectivity index (χ0n) is 17.2. The maximum absolute atomic E-state index is 13.4. The molecule has 2 heterocycles. The molecule has 4 aromatic rings. The number of anilines is 2. The van der Waals surface area contributed by atoms with Gasteiger partial charge in [-0.2, -0.15) is 4.68 Å². The molecule has 1 aliphatic rings. The Morgan fingerprint density at radius 3 is 2.62 bits per heavy atom. The van der Waals surface area contributed by atoms with E-state index in [0.717, 1.165) is 22.4 Å². The number of benzene rings is 3. The first kappa shape index (κ1) is 19.6. The minimum absolute atomic E-state index is 0.182. The van der Waals surface area contributed by atoms with Crippen LogP contribution in [0.2, 0.25) is 0 Å². The molecule has 1 unspecified atom stereocenters. The average Bonchev–Trinajstić information content (AvgIpc) is 3.28. The van der Waals surface area contributed by atoms with Gasteiger partial charge < -0.3 is 10.6 Å². The number of tetrazole rings is 1. The van der Waals surface area contributed by atoms with E-state index >= 15 is 0 Å². The maximum Gasteiger partial charge on any atom is 0.255 e. The lowest BCUT2D eigenvalue weighted by atomic mass is 10.0. The second-order valence-corrected chi connectivity index (χ2v) is 7.55. The molecule has 3 aromatic carbocycles. The number of hydrogen-bond acceptors (Lipinski definition) is 5. The summed E-state index contributed by atoms with van der Waals surface area (Å²) < 4.78 is 15.0. The third kappa shape index (κ3) is 3.85. The van der Waals surface area contributed by atoms with Crippen molar-refractivity contribution < 1.29 is 9.18 Å². The van der Waals surface area contributed by atoms with Crippen LogP contribution in [0.4, 0.5) is 16.0 Å². The first-order valence-corrected chi connectivity index (χ1v) is 10.1. The normalized spacial score (nSPS) is 14.8. The smallest absolute Gasteiger partial charge is 0.255 e. The minimum Gasteiger partial charge on any atom is -0.323 e. The summed E-state index contributed by atoms with van der Waals surface area (Å²) in [6.07, 6.45) is 1.97. The van der Waals surface area contributed by atoms with Gasteiger partial charge in [-0.1, -0.05) is 34.9 Å². The molecular weight excluding hydrogens is 407 g/mol. The number of carbonyl (C=O) groups excluding carboxylic acids is 1. The van der Waals surface area contributed by atoms with Crippen molar-refractivity contribution in [2.45, 2.75) is 13.0 Å². The third-order valence-corrected chi connectivity index (χ3v) is 5.28. The number of nitrogens with one attached hydrogen (secondary N) is 2. The summed E-state index contributed by atoms with van der Waals surface area (Å²) in [6, 6.07) is 20.9. The lowest BCUT2D eigenvalue weighted by molar-refractivity contribution is 0.102. The van der Waals surface area contributed by atoms with Crippen molar-refractivity contribution in [3.05, 3.63) is 107 Å². The van der Waals surface area contributed by atoms with Gasteiger partial charge in [0.25, 0.3) is 5.91 Å². The summed E-state index contributed by atoms with van der Waals surface area (Å²) in [7, 11) is 0. The fourth-order valence-electron chi connectivity index (χ4n) is 3.60. The molecule has 0 fully saturated rings. The van der Waals surface area contributed by atoms with Gasteiger partial charge >= 0.3 is 0 Å². The second-order valence-electron chi connectivity index (χ2n) is 7.55. The molecule has 0 saturated heterocycles. The highest BCUT2D eigenvalue weighted by Crippen LogP contribution is 2.32. The number of rotatable bonds is 4. The summed E-state index contributed by atoms with van der Waals surface area (Å²) in [4.78, 5) is 12.6. The van der Waals surface area contributed by atoms with E-state index in [9.17, 15) is 9.18 Å². The number of hydrogen-bond donors (Lipinski definition) is 2. The van der Waals surface area contributed by atoms with E-state index in [2.05, 4.69) is 26.2 Å². The predicted molar refractivity (Wildman–Crippen MR) is 120 cm³/mol. The van der Waals surface area contributed by atoms with Crippen LogP contribution in [0.25, 0.3) is 5.70 Å². The molecule has 1 amide bonds. The Labute approximate surface area is 183 Å². The van der Waals surface area contributed by atoms with Crippen molar-refractivity contribution in [3.63, 3.8) is 0 Å². The van der Waals surface area contributed by atoms with Crippen molar-refractivity contribution >= 4 is 23.2 Å². The average molecular weight is 426 g/mol. The molecule has 5 rings (SSSR count). The highest BCUT2D eigenvalue weighted by molar-refractivity contribution is 6.04. The topological polar surface area (TPSA) is 84.7 Å². The van der Waals surface area contributed by atoms with Crippen molar-refractivity contribution in [2.24, 2.45) is 0 Å². The Bertz CT molecular complexity index is 1310. The molecule has 2 N–H and O–H groups in total. The standard InChI is InChI=1S/C24H19FN6O/c1-15-5-7-17(8-6-15)23(32)26-20-4-2-3-18(13-20)22-14-21(16-9-11-19(25)12-10-16)27-24-28-29-30-31(22)24/h2-14,22H,1H3,(H,26,32)(H,27,28,30). The molecular formula is C24H19FN6O. The molecule has 0 saturated carbocycles. The van der Waals surface area contributed by atoms with E-state index in [-0.39, 0.29) is 17.8 Å². The Kier molecular flexibility index (Phi) is 4.95. The van der Waals surface area contributed by atoms with E-state index < -0.39 is 0 Å². The fraction of sp³-hybridized carbons (Fsp3) is 0.0833. The van der Waals surface area contributed by atoms with E-state index in [1.807, 2.05) is 49.4 Å². The molecule has 158 valence electrons. The van der Waals surface area contributed by atoms with Gasteiger partial charge in [0.15, 0.2) is 0 Å². The number of nitrogens with zero attached hydrogens (tertiary/aromatic N) is 4. The Hall–Kier alpha value is -4.33. The molecule has 8 heteroatoms. The van der Waals surface area contributed by atoms with Gasteiger partial charge in [0.1, 0.15) is 11.9 Å². The lowest BCUT2D eigenvalue weighted by Crippen LogP contribution is -2.20. The van der Waals surface area contributed by atoms with E-state index in [0.29, 0.717) is 17.2 Å². The van der Waals surface area contributed by atoms with Crippen LogP contribution in [0, 0.1) is 12.7 Å². The van der Waals surface area contributed by atoms with Gasteiger partial charge in [0, 0.05) is 16.9 Å². The number of allylic oxidation sites excluding steroid dienone is 1. The summed E-state index contributed by atoms with van der Waals surface area (Å²) in [5.41, 5.74) is 4.82. The first-order chi connectivity index (χ1) is 15.6. The summed E-state index contributed by atoms with van der Waals surface area (Å²) in [5, 5.41) is 18.1. The van der Waals surface area contributed by atoms with Crippen molar-refractivity contribution in [3.8, 4) is 0 Å². The largest absolute Gasteiger partial charge is 0.323 e. The molecule has 1 atom stereocenters. The minimum atomic E-state index is -0.308. The molecule has 0 aliphatic carbocycles. The summed E-state index contributed by atoms with van der Waals surface area (Å²) in [5.74, 6) is -0.00685. The third-order valence-electron chi connectivity index (χ3n) is 5.28. The van der Waals surface area contributed by atoms with E-state index in [4.69, 9.17) is 0 Å². The Morgan fingerprint density at radius 1 is 1.06 bits per heavy atom. The molecule has 32 heavy (non-hydrogen) atoms. The van der Waals surface area contributed by atoms with Gasteiger partial charge in [-0.15, -0.1) is 0 Å². The van der Waals surface area contributed by atoms with E-state index in [1.165, 1.54) is 12.1 Å². The summed E-state index contributed by atoms with van der Waals surface area (Å²) >= 11 is 0. The zero-order valence-corrected chi connectivity index (χ0v) is 17.2. The quantitative estimate of drug-likeness (QED) is 0.504. The Morgan fingerprint density at radius 2 is 1.84 bits per heavy atom. The second kappa shape index (κ2) is 8.07. The van der Waals surface area contributed by atoms with Crippen LogP contribution in [0.5, 0.6) is 0 Å². The molecule has 1 aromatic heterocycles. The SMILES string of the molecule is Cc1ccc(C(=O)Nc2cccc(C3C=C(c4ccc(F)cc4)Nc4nnnn43)c2)cc1. The fourth-order valence-corrected chi connectivity index (χ4v) is 3.60. The Balaban J connectivity index is 1.46. The van der Waals surface area contributed by atoms with Crippen LogP contribution in [-0.2, 0) is 0 Å². The van der Waals surface area contributed by atoms with Gasteiger partial charge in [-0.25, -0.2) is 4.39 Å². The van der Waals surface area contributed by atoms with Gasteiger partial charge in [0.05, 0.1) is 0 Å². The van der Waals surface area contributed by atoms with Crippen LogP contribution in [0.3, 0.4) is 0 Å². The number of amides is 1. The molecule has 1 aliphatic heterocycles. The molecule has 0 radical (unpaired) electrons. The zero-order chi connectivity index (χ0) is 22.1. The van der Waals surface area contributed by atoms with Crippen LogP contribution in [0.15, 0.2) is 78.9 Å². The van der Waals surface area contributed by atoms with Crippen molar-refractivity contribution in [2.75, 3.05) is 10.6 Å². The number of aromatic nitrogens is 4. The van der Waals surface area contributed by atoms with Crippen LogP contribution in [0.1, 0.15) is 33.1 Å². The molecule has 0 bridgehead atoms. The monoisotopic (exact) mass is 426 g/mol. The van der Waals surface area contributed by atoms with Crippen molar-refractivity contribution in [1.29, 1.82) is 0 Å². The van der Waals surface area contributed by atoms with Gasteiger partial charge in [-0.05, 0) is 83.1 Å². The number of aryl methyl sites for hydroxylation is 1. The molecule has 7 nitrogen and oxygen atoms in total. The van der Waals surface area contributed by atoms with Gasteiger partial charge in [-0.3, -0.25) is 4.79 Å². The lowest BCUT2D eigenvalue weighted by Gasteiger charge is -2.24. The maximum atomic E-state index is 13.4. The van der Waals surface area contributed by atoms with Crippen LogP contribution < -0.4 is 10.6 Å².